The van der Waals surface area contributed by atoms with E-state index in [1.165, 1.54) is 12.1 Å². The number of hydrogen-bond acceptors (Lipinski definition) is 2. The molecular weight excluding hydrogens is 341 g/mol. The SMILES string of the molecule is Cc1cccc2ncc(C(CC(=O)NC(C)C(C)C)c3cccc(F)c3)n12. The Hall–Kier alpha value is -2.69. The van der Waals surface area contributed by atoms with E-state index in [1.54, 1.807) is 12.3 Å². The predicted octanol–water partition coefficient (Wildman–Crippen LogP) is 4.46. The number of benzene rings is 1. The Morgan fingerprint density at radius 2 is 1.93 bits per heavy atom. The third kappa shape index (κ3) is 4.18. The summed E-state index contributed by atoms with van der Waals surface area (Å²) < 4.78 is 15.9. The Bertz CT molecular complexity index is 948. The Morgan fingerprint density at radius 1 is 1.19 bits per heavy atom. The number of fused-ring (bicyclic) bond motifs is 1. The second-order valence-corrected chi connectivity index (χ2v) is 7.46. The zero-order chi connectivity index (χ0) is 19.6. The van der Waals surface area contributed by atoms with Gasteiger partial charge in [-0.3, -0.25) is 4.79 Å². The molecule has 2 atom stereocenters. The number of halogens is 1. The lowest BCUT2D eigenvalue weighted by atomic mass is 9.91. The number of nitrogens with zero attached hydrogens (tertiary/aromatic N) is 2. The summed E-state index contributed by atoms with van der Waals surface area (Å²) >= 11 is 0. The highest BCUT2D eigenvalue weighted by atomic mass is 19.1. The minimum atomic E-state index is -0.306. The average molecular weight is 367 g/mol. The molecule has 0 saturated heterocycles. The maximum Gasteiger partial charge on any atom is 0.221 e. The largest absolute Gasteiger partial charge is 0.353 e. The van der Waals surface area contributed by atoms with Gasteiger partial charge in [-0.25, -0.2) is 9.37 Å². The Morgan fingerprint density at radius 3 is 2.63 bits per heavy atom. The van der Waals surface area contributed by atoms with Crippen LogP contribution < -0.4 is 5.32 Å². The Labute approximate surface area is 159 Å². The third-order valence-electron chi connectivity index (χ3n) is 5.14. The monoisotopic (exact) mass is 367 g/mol. The summed E-state index contributed by atoms with van der Waals surface area (Å²) in [7, 11) is 0. The first-order valence-electron chi connectivity index (χ1n) is 9.34. The van der Waals surface area contributed by atoms with Crippen molar-refractivity contribution in [2.45, 2.75) is 46.1 Å². The van der Waals surface area contributed by atoms with Crippen molar-refractivity contribution in [2.75, 3.05) is 0 Å². The van der Waals surface area contributed by atoms with E-state index in [2.05, 4.69) is 24.1 Å². The van der Waals surface area contributed by atoms with Crippen LogP contribution in [0.4, 0.5) is 4.39 Å². The van der Waals surface area contributed by atoms with Gasteiger partial charge in [0.1, 0.15) is 11.5 Å². The van der Waals surface area contributed by atoms with Gasteiger partial charge in [0.2, 0.25) is 5.91 Å². The summed E-state index contributed by atoms with van der Waals surface area (Å²) in [6.45, 7) is 8.14. The molecule has 3 aromatic rings. The summed E-state index contributed by atoms with van der Waals surface area (Å²) in [5.74, 6) is -0.288. The van der Waals surface area contributed by atoms with Gasteiger partial charge in [0.05, 0.1) is 5.69 Å². The van der Waals surface area contributed by atoms with Crippen molar-refractivity contribution >= 4 is 11.6 Å². The van der Waals surface area contributed by atoms with E-state index in [4.69, 9.17) is 0 Å². The van der Waals surface area contributed by atoms with Gasteiger partial charge in [-0.2, -0.15) is 0 Å². The highest BCUT2D eigenvalue weighted by Gasteiger charge is 2.24. The van der Waals surface area contributed by atoms with Crippen LogP contribution in [0.2, 0.25) is 0 Å². The summed E-state index contributed by atoms with van der Waals surface area (Å²) in [5, 5.41) is 3.06. The molecular formula is C22H26FN3O. The van der Waals surface area contributed by atoms with E-state index in [0.717, 1.165) is 22.6 Å². The molecule has 5 heteroatoms. The van der Waals surface area contributed by atoms with Gasteiger partial charge in [0, 0.05) is 30.3 Å². The van der Waals surface area contributed by atoms with Crippen LogP contribution in [0.5, 0.6) is 0 Å². The van der Waals surface area contributed by atoms with Crippen LogP contribution in [0.3, 0.4) is 0 Å². The molecule has 1 amide bonds. The van der Waals surface area contributed by atoms with E-state index in [-0.39, 0.29) is 30.1 Å². The van der Waals surface area contributed by atoms with Crippen molar-refractivity contribution in [1.29, 1.82) is 0 Å². The zero-order valence-electron chi connectivity index (χ0n) is 16.2. The number of rotatable bonds is 6. The molecule has 27 heavy (non-hydrogen) atoms. The molecule has 142 valence electrons. The van der Waals surface area contributed by atoms with Crippen molar-refractivity contribution in [3.8, 4) is 0 Å². The third-order valence-corrected chi connectivity index (χ3v) is 5.14. The van der Waals surface area contributed by atoms with Gasteiger partial charge in [0.15, 0.2) is 0 Å². The summed E-state index contributed by atoms with van der Waals surface area (Å²) in [6.07, 6.45) is 2.03. The van der Waals surface area contributed by atoms with Crippen LogP contribution in [0.1, 0.15) is 50.1 Å². The van der Waals surface area contributed by atoms with Crippen molar-refractivity contribution in [2.24, 2.45) is 5.92 Å². The number of carbonyl (C=O) groups is 1. The van der Waals surface area contributed by atoms with Crippen LogP contribution >= 0.6 is 0 Å². The minimum Gasteiger partial charge on any atom is -0.353 e. The second kappa shape index (κ2) is 7.91. The van der Waals surface area contributed by atoms with Crippen LogP contribution in [-0.2, 0) is 4.79 Å². The van der Waals surface area contributed by atoms with Gasteiger partial charge in [0.25, 0.3) is 0 Å². The fourth-order valence-corrected chi connectivity index (χ4v) is 3.26. The molecule has 1 N–H and O–H groups in total. The van der Waals surface area contributed by atoms with Crippen molar-refractivity contribution in [3.05, 3.63) is 71.4 Å². The molecule has 0 aliphatic carbocycles. The Kier molecular flexibility index (Phi) is 5.59. The number of imidazole rings is 1. The first-order valence-corrected chi connectivity index (χ1v) is 9.34. The standard InChI is InChI=1S/C22H26FN3O/c1-14(2)16(4)25-22(27)12-19(17-8-6-9-18(23)11-17)20-13-24-21-10-5-7-15(3)26(20)21/h5-11,13-14,16,19H,12H2,1-4H3,(H,25,27). The topological polar surface area (TPSA) is 46.4 Å². The first kappa shape index (κ1) is 19.1. The highest BCUT2D eigenvalue weighted by Crippen LogP contribution is 2.30. The smallest absolute Gasteiger partial charge is 0.221 e. The van der Waals surface area contributed by atoms with E-state index in [9.17, 15) is 9.18 Å². The summed E-state index contributed by atoms with van der Waals surface area (Å²) in [4.78, 5) is 17.2. The molecule has 0 fully saturated rings. The van der Waals surface area contributed by atoms with Crippen LogP contribution in [-0.4, -0.2) is 21.3 Å². The lowest BCUT2D eigenvalue weighted by molar-refractivity contribution is -0.122. The number of nitrogens with one attached hydrogen (secondary N) is 1. The fraction of sp³-hybridized carbons (Fsp3) is 0.364. The van der Waals surface area contributed by atoms with Gasteiger partial charge in [-0.1, -0.05) is 32.0 Å². The zero-order valence-corrected chi connectivity index (χ0v) is 16.2. The van der Waals surface area contributed by atoms with E-state index in [1.807, 2.05) is 42.5 Å². The Balaban J connectivity index is 2.01. The molecule has 0 radical (unpaired) electrons. The van der Waals surface area contributed by atoms with Crippen molar-refractivity contribution < 1.29 is 9.18 Å². The average Bonchev–Trinajstić information content (AvgIpc) is 3.04. The highest BCUT2D eigenvalue weighted by molar-refractivity contribution is 5.77. The number of aromatic nitrogens is 2. The first-order chi connectivity index (χ1) is 12.9. The van der Waals surface area contributed by atoms with Crippen LogP contribution in [0, 0.1) is 18.7 Å². The molecule has 0 aliphatic rings. The molecule has 0 bridgehead atoms. The number of amides is 1. The van der Waals surface area contributed by atoms with E-state index < -0.39 is 0 Å². The van der Waals surface area contributed by atoms with Gasteiger partial charge >= 0.3 is 0 Å². The van der Waals surface area contributed by atoms with Crippen LogP contribution in [0.15, 0.2) is 48.7 Å². The molecule has 1 aromatic carbocycles. The van der Waals surface area contributed by atoms with E-state index in [0.29, 0.717) is 5.92 Å². The minimum absolute atomic E-state index is 0.0472. The van der Waals surface area contributed by atoms with Gasteiger partial charge in [-0.05, 0) is 49.6 Å². The molecule has 0 aliphatic heterocycles. The number of aryl methyl sites for hydroxylation is 1. The van der Waals surface area contributed by atoms with Crippen LogP contribution in [0.25, 0.3) is 5.65 Å². The molecule has 0 saturated carbocycles. The number of hydrogen-bond donors (Lipinski definition) is 1. The molecule has 0 spiro atoms. The van der Waals surface area contributed by atoms with E-state index >= 15 is 0 Å². The molecule has 2 unspecified atom stereocenters. The quantitative estimate of drug-likeness (QED) is 0.699. The molecule has 2 aromatic heterocycles. The summed E-state index contributed by atoms with van der Waals surface area (Å²) in [6, 6.07) is 12.4. The maximum atomic E-state index is 13.9. The van der Waals surface area contributed by atoms with Crippen molar-refractivity contribution in [3.63, 3.8) is 0 Å². The lowest BCUT2D eigenvalue weighted by Crippen LogP contribution is -2.36. The molecule has 4 nitrogen and oxygen atoms in total. The summed E-state index contributed by atoms with van der Waals surface area (Å²) in [5.41, 5.74) is 3.51. The molecule has 2 heterocycles. The van der Waals surface area contributed by atoms with Crippen molar-refractivity contribution in [1.82, 2.24) is 14.7 Å². The molecule has 3 rings (SSSR count). The second-order valence-electron chi connectivity index (χ2n) is 7.46. The fourth-order valence-electron chi connectivity index (χ4n) is 3.26. The van der Waals surface area contributed by atoms with Gasteiger partial charge < -0.3 is 9.72 Å². The number of pyridine rings is 1. The lowest BCUT2D eigenvalue weighted by Gasteiger charge is -2.21. The normalized spacial score (nSPS) is 13.7. The van der Waals surface area contributed by atoms with Gasteiger partial charge in [-0.15, -0.1) is 0 Å². The maximum absolute atomic E-state index is 13.9. The number of carbonyl (C=O) groups excluding carboxylic acids is 1. The predicted molar refractivity (Wildman–Crippen MR) is 105 cm³/mol.